The lowest BCUT2D eigenvalue weighted by molar-refractivity contribution is -0.140. The number of rotatable bonds is 2. The monoisotopic (exact) mass is 300 g/mol. The molecule has 0 aromatic carbocycles. The van der Waals surface area contributed by atoms with Gasteiger partial charge < -0.3 is 0 Å². The van der Waals surface area contributed by atoms with Crippen LogP contribution in [0.15, 0.2) is 5.38 Å². The topological polar surface area (TPSA) is 50.3 Å². The molecular weight excluding hydrogens is 289 g/mol. The van der Waals surface area contributed by atoms with Crippen LogP contribution in [0.25, 0.3) is 0 Å². The van der Waals surface area contributed by atoms with Gasteiger partial charge in [-0.25, -0.2) is 13.4 Å². The molecular formula is C9H11F3N2O2S2. The summed E-state index contributed by atoms with van der Waals surface area (Å²) >= 11 is 0.828. The van der Waals surface area contributed by atoms with Crippen LogP contribution in [0.3, 0.4) is 0 Å². The molecule has 0 saturated carbocycles. The Morgan fingerprint density at radius 3 is 2.67 bits per heavy atom. The Kier molecular flexibility index (Phi) is 3.41. The van der Waals surface area contributed by atoms with E-state index in [-0.39, 0.29) is 23.2 Å². The van der Waals surface area contributed by atoms with Gasteiger partial charge in [0.15, 0.2) is 5.69 Å². The standard InChI is InChI=1S/C9H11F3N2O2S2/c1-6-2-14(18(15,16)5-6)3-8-13-7(4-17-8)9(10,11)12/h4,6H,2-3,5H2,1H3. The summed E-state index contributed by atoms with van der Waals surface area (Å²) in [5.41, 5.74) is -0.966. The highest BCUT2D eigenvalue weighted by Crippen LogP contribution is 2.31. The van der Waals surface area contributed by atoms with Crippen molar-refractivity contribution in [2.45, 2.75) is 19.6 Å². The van der Waals surface area contributed by atoms with Crippen molar-refractivity contribution in [3.05, 3.63) is 16.1 Å². The van der Waals surface area contributed by atoms with Crippen LogP contribution in [0, 0.1) is 5.92 Å². The van der Waals surface area contributed by atoms with Gasteiger partial charge >= 0.3 is 6.18 Å². The zero-order chi connectivity index (χ0) is 13.6. The molecule has 2 rings (SSSR count). The van der Waals surface area contributed by atoms with Crippen molar-refractivity contribution in [1.29, 1.82) is 0 Å². The van der Waals surface area contributed by atoms with Crippen LogP contribution >= 0.6 is 11.3 Å². The van der Waals surface area contributed by atoms with E-state index in [1.165, 1.54) is 4.31 Å². The average Bonchev–Trinajstić information content (AvgIpc) is 2.71. The number of alkyl halides is 3. The fourth-order valence-electron chi connectivity index (χ4n) is 1.81. The van der Waals surface area contributed by atoms with Crippen molar-refractivity contribution in [2.75, 3.05) is 12.3 Å². The zero-order valence-corrected chi connectivity index (χ0v) is 11.1. The van der Waals surface area contributed by atoms with Crippen LogP contribution in [0.5, 0.6) is 0 Å². The molecule has 1 aliphatic rings. The molecule has 2 heterocycles. The van der Waals surface area contributed by atoms with Crippen molar-refractivity contribution in [1.82, 2.24) is 9.29 Å². The highest BCUT2D eigenvalue weighted by Gasteiger charge is 2.36. The highest BCUT2D eigenvalue weighted by atomic mass is 32.2. The Morgan fingerprint density at radius 1 is 1.56 bits per heavy atom. The van der Waals surface area contributed by atoms with Crippen LogP contribution in [0.2, 0.25) is 0 Å². The second-order valence-electron chi connectivity index (χ2n) is 4.30. The molecule has 0 amide bonds. The van der Waals surface area contributed by atoms with E-state index in [9.17, 15) is 21.6 Å². The van der Waals surface area contributed by atoms with Gasteiger partial charge in [-0.15, -0.1) is 11.3 Å². The quantitative estimate of drug-likeness (QED) is 0.839. The van der Waals surface area contributed by atoms with Crippen LogP contribution in [0.1, 0.15) is 17.6 Å². The Labute approximate surface area is 106 Å². The third-order valence-corrected chi connectivity index (χ3v) is 5.45. The summed E-state index contributed by atoms with van der Waals surface area (Å²) in [6, 6.07) is 0. The molecule has 1 saturated heterocycles. The normalized spacial score (nSPS) is 24.6. The van der Waals surface area contributed by atoms with Gasteiger partial charge in [0.25, 0.3) is 0 Å². The minimum absolute atomic E-state index is 0.00273. The molecule has 0 bridgehead atoms. The molecule has 9 heteroatoms. The molecule has 102 valence electrons. The number of hydrogen-bond acceptors (Lipinski definition) is 4. The Morgan fingerprint density at radius 2 is 2.22 bits per heavy atom. The van der Waals surface area contributed by atoms with Crippen LogP contribution in [-0.4, -0.2) is 30.0 Å². The number of thiazole rings is 1. The predicted molar refractivity (Wildman–Crippen MR) is 60.5 cm³/mol. The van der Waals surface area contributed by atoms with E-state index in [2.05, 4.69) is 4.98 Å². The Balaban J connectivity index is 2.13. The molecule has 0 aliphatic carbocycles. The minimum Gasteiger partial charge on any atom is -0.235 e. The summed E-state index contributed by atoms with van der Waals surface area (Å²) in [7, 11) is -3.34. The summed E-state index contributed by atoms with van der Waals surface area (Å²) in [6.45, 7) is 2.05. The molecule has 1 unspecified atom stereocenters. The maximum atomic E-state index is 12.3. The molecule has 1 aliphatic heterocycles. The third-order valence-electron chi connectivity index (χ3n) is 2.56. The first-order valence-electron chi connectivity index (χ1n) is 5.18. The minimum atomic E-state index is -4.48. The first-order chi connectivity index (χ1) is 8.18. The van der Waals surface area contributed by atoms with Crippen LogP contribution < -0.4 is 0 Å². The molecule has 1 aromatic heterocycles. The van der Waals surface area contributed by atoms with Gasteiger partial charge in [0.2, 0.25) is 10.0 Å². The smallest absolute Gasteiger partial charge is 0.235 e. The van der Waals surface area contributed by atoms with Crippen molar-refractivity contribution < 1.29 is 21.6 Å². The molecule has 4 nitrogen and oxygen atoms in total. The Hall–Kier alpha value is -0.670. The van der Waals surface area contributed by atoms with Gasteiger partial charge in [0, 0.05) is 11.9 Å². The summed E-state index contributed by atoms with van der Waals surface area (Å²) in [4.78, 5) is 3.42. The SMILES string of the molecule is CC1CN(Cc2nc(C(F)(F)F)cs2)S(=O)(=O)C1. The van der Waals surface area contributed by atoms with Crippen molar-refractivity contribution in [3.63, 3.8) is 0 Å². The number of hydrogen-bond donors (Lipinski definition) is 0. The second kappa shape index (κ2) is 4.46. The lowest BCUT2D eigenvalue weighted by atomic mass is 10.2. The molecule has 0 N–H and O–H groups in total. The van der Waals surface area contributed by atoms with E-state index in [0.29, 0.717) is 6.54 Å². The number of sulfonamides is 1. The molecule has 1 fully saturated rings. The summed E-state index contributed by atoms with van der Waals surface area (Å²) < 4.78 is 61.5. The predicted octanol–water partition coefficient (Wildman–Crippen LogP) is 1.94. The van der Waals surface area contributed by atoms with Crippen LogP contribution in [0.4, 0.5) is 13.2 Å². The van der Waals surface area contributed by atoms with E-state index in [1.807, 2.05) is 0 Å². The van der Waals surface area contributed by atoms with Gasteiger partial charge in [-0.3, -0.25) is 0 Å². The summed E-state index contributed by atoms with van der Waals surface area (Å²) in [5.74, 6) is 0.0434. The maximum Gasteiger partial charge on any atom is 0.434 e. The summed E-state index contributed by atoms with van der Waals surface area (Å²) in [5, 5.41) is 1.07. The fraction of sp³-hybridized carbons (Fsp3) is 0.667. The van der Waals surface area contributed by atoms with Crippen molar-refractivity contribution >= 4 is 21.4 Å². The van der Waals surface area contributed by atoms with Gasteiger partial charge in [-0.05, 0) is 5.92 Å². The summed E-state index contributed by atoms with van der Waals surface area (Å²) in [6.07, 6.45) is -4.48. The highest BCUT2D eigenvalue weighted by molar-refractivity contribution is 7.89. The zero-order valence-electron chi connectivity index (χ0n) is 9.44. The Bertz CT molecular complexity index is 538. The number of nitrogens with zero attached hydrogens (tertiary/aromatic N) is 2. The first kappa shape index (κ1) is 13.8. The molecule has 0 radical (unpaired) electrons. The first-order valence-corrected chi connectivity index (χ1v) is 7.67. The van der Waals surface area contributed by atoms with E-state index >= 15 is 0 Å². The van der Waals surface area contributed by atoms with E-state index < -0.39 is 21.9 Å². The largest absolute Gasteiger partial charge is 0.434 e. The van der Waals surface area contributed by atoms with E-state index in [4.69, 9.17) is 0 Å². The third kappa shape index (κ3) is 2.83. The van der Waals surface area contributed by atoms with Crippen molar-refractivity contribution in [3.8, 4) is 0 Å². The van der Waals surface area contributed by atoms with E-state index in [1.54, 1.807) is 6.92 Å². The van der Waals surface area contributed by atoms with Gasteiger partial charge in [-0.2, -0.15) is 17.5 Å². The maximum absolute atomic E-state index is 12.3. The molecule has 1 aromatic rings. The number of aromatic nitrogens is 1. The van der Waals surface area contributed by atoms with Crippen molar-refractivity contribution in [2.24, 2.45) is 5.92 Å². The molecule has 18 heavy (non-hydrogen) atoms. The lowest BCUT2D eigenvalue weighted by Crippen LogP contribution is -2.25. The lowest BCUT2D eigenvalue weighted by Gasteiger charge is -2.12. The molecule has 1 atom stereocenters. The van der Waals surface area contributed by atoms with Gasteiger partial charge in [0.1, 0.15) is 5.01 Å². The van der Waals surface area contributed by atoms with Gasteiger partial charge in [-0.1, -0.05) is 6.92 Å². The average molecular weight is 300 g/mol. The van der Waals surface area contributed by atoms with E-state index in [0.717, 1.165) is 16.7 Å². The second-order valence-corrected chi connectivity index (χ2v) is 7.26. The van der Waals surface area contributed by atoms with Gasteiger partial charge in [0.05, 0.1) is 12.3 Å². The number of halogens is 3. The van der Waals surface area contributed by atoms with Crippen LogP contribution in [-0.2, 0) is 22.7 Å². The molecule has 0 spiro atoms. The fourth-order valence-corrected chi connectivity index (χ4v) is 4.54.